The molecule has 1 aliphatic rings. The van der Waals surface area contributed by atoms with E-state index in [2.05, 4.69) is 14.9 Å². The molecule has 30 heavy (non-hydrogen) atoms. The fourth-order valence-corrected chi connectivity index (χ4v) is 5.13. The third-order valence-electron chi connectivity index (χ3n) is 5.11. The molecule has 1 saturated heterocycles. The minimum atomic E-state index is -3.53. The third-order valence-corrected chi connectivity index (χ3v) is 7.14. The van der Waals surface area contributed by atoms with Crippen LogP contribution in [0.1, 0.15) is 12.5 Å². The minimum absolute atomic E-state index is 0.196. The van der Waals surface area contributed by atoms with Crippen LogP contribution in [0, 0.1) is 6.92 Å². The van der Waals surface area contributed by atoms with Gasteiger partial charge in [0.05, 0.1) is 4.90 Å². The number of para-hydroxylation sites is 1. The zero-order valence-electron chi connectivity index (χ0n) is 17.0. The molecule has 0 spiro atoms. The Balaban J connectivity index is 1.48. The quantitative estimate of drug-likeness (QED) is 0.624. The number of piperazine rings is 1. The van der Waals surface area contributed by atoms with Gasteiger partial charge in [-0.25, -0.2) is 18.4 Å². The monoisotopic (exact) mass is 424 g/mol. The second kappa shape index (κ2) is 8.41. The number of hydrogen-bond donors (Lipinski definition) is 0. The first-order chi connectivity index (χ1) is 14.4. The van der Waals surface area contributed by atoms with Crippen LogP contribution in [-0.4, -0.2) is 48.4 Å². The van der Waals surface area contributed by atoms with Crippen molar-refractivity contribution in [1.29, 1.82) is 0 Å². The Morgan fingerprint density at radius 2 is 1.73 bits per heavy atom. The molecule has 3 aromatic rings. The highest BCUT2D eigenvalue weighted by Gasteiger charge is 2.34. The van der Waals surface area contributed by atoms with Crippen molar-refractivity contribution in [1.82, 2.24) is 14.3 Å². The van der Waals surface area contributed by atoms with Crippen molar-refractivity contribution in [2.24, 2.45) is 0 Å². The molecular weight excluding hydrogens is 400 g/mol. The fraction of sp³-hybridized carbons (Fsp3) is 0.273. The first-order valence-electron chi connectivity index (χ1n) is 9.82. The summed E-state index contributed by atoms with van der Waals surface area (Å²) >= 11 is 0. The van der Waals surface area contributed by atoms with E-state index in [9.17, 15) is 8.42 Å². The summed E-state index contributed by atoms with van der Waals surface area (Å²) < 4.78 is 33.5. The highest BCUT2D eigenvalue weighted by Crippen LogP contribution is 2.26. The largest absolute Gasteiger partial charge is 0.439 e. The van der Waals surface area contributed by atoms with Gasteiger partial charge in [0, 0.05) is 31.7 Å². The molecule has 1 aliphatic heterocycles. The van der Waals surface area contributed by atoms with Crippen LogP contribution < -0.4 is 9.64 Å². The minimum Gasteiger partial charge on any atom is -0.439 e. The van der Waals surface area contributed by atoms with Crippen LogP contribution in [0.15, 0.2) is 71.9 Å². The number of ether oxygens (including phenoxy) is 1. The lowest BCUT2D eigenvalue weighted by atomic mass is 10.2. The summed E-state index contributed by atoms with van der Waals surface area (Å²) in [6.45, 7) is 5.32. The van der Waals surface area contributed by atoms with Gasteiger partial charge >= 0.3 is 0 Å². The van der Waals surface area contributed by atoms with Crippen molar-refractivity contribution in [2.75, 3.05) is 24.5 Å². The summed E-state index contributed by atoms with van der Waals surface area (Å²) in [7, 11) is -3.53. The SMILES string of the molecule is Cc1ccc(S(=O)(=O)N2CCN(c3cc(Oc4ccccc4)ncn3)C[C@H]2C)cc1. The van der Waals surface area contributed by atoms with Gasteiger partial charge in [0.25, 0.3) is 0 Å². The number of aromatic nitrogens is 2. The molecule has 0 bridgehead atoms. The maximum absolute atomic E-state index is 13.1. The second-order valence-electron chi connectivity index (χ2n) is 7.35. The number of hydrogen-bond acceptors (Lipinski definition) is 6. The number of nitrogens with zero attached hydrogens (tertiary/aromatic N) is 4. The van der Waals surface area contributed by atoms with Crippen LogP contribution in [0.4, 0.5) is 5.82 Å². The molecule has 1 aromatic heterocycles. The molecule has 0 N–H and O–H groups in total. The van der Waals surface area contributed by atoms with Crippen LogP contribution >= 0.6 is 0 Å². The van der Waals surface area contributed by atoms with Gasteiger partial charge in [0.15, 0.2) is 0 Å². The topological polar surface area (TPSA) is 75.6 Å². The van der Waals surface area contributed by atoms with Crippen molar-refractivity contribution in [3.8, 4) is 11.6 Å². The van der Waals surface area contributed by atoms with E-state index in [1.165, 1.54) is 6.33 Å². The molecule has 0 aliphatic carbocycles. The van der Waals surface area contributed by atoms with Crippen molar-refractivity contribution in [2.45, 2.75) is 24.8 Å². The van der Waals surface area contributed by atoms with Crippen LogP contribution in [-0.2, 0) is 10.0 Å². The lowest BCUT2D eigenvalue weighted by Gasteiger charge is -2.39. The Bertz CT molecular complexity index is 1100. The van der Waals surface area contributed by atoms with Crippen molar-refractivity contribution in [3.63, 3.8) is 0 Å². The molecule has 7 nitrogen and oxygen atoms in total. The molecule has 1 atom stereocenters. The Morgan fingerprint density at radius 1 is 1.00 bits per heavy atom. The average molecular weight is 425 g/mol. The van der Waals surface area contributed by atoms with E-state index in [4.69, 9.17) is 4.74 Å². The summed E-state index contributed by atoms with van der Waals surface area (Å²) in [6, 6.07) is 18.0. The summed E-state index contributed by atoms with van der Waals surface area (Å²) in [5, 5.41) is 0. The normalized spacial score (nSPS) is 17.7. The van der Waals surface area contributed by atoms with E-state index in [1.54, 1.807) is 22.5 Å². The summed E-state index contributed by atoms with van der Waals surface area (Å²) in [5.41, 5.74) is 1.03. The molecule has 1 fully saturated rings. The maximum Gasteiger partial charge on any atom is 0.243 e. The Kier molecular flexibility index (Phi) is 5.69. The van der Waals surface area contributed by atoms with E-state index in [0.29, 0.717) is 36.2 Å². The molecule has 2 aromatic carbocycles. The van der Waals surface area contributed by atoms with Crippen LogP contribution in [0.5, 0.6) is 11.6 Å². The summed E-state index contributed by atoms with van der Waals surface area (Å²) in [6.07, 6.45) is 1.47. The van der Waals surface area contributed by atoms with Gasteiger partial charge in [-0.1, -0.05) is 35.9 Å². The van der Waals surface area contributed by atoms with E-state index >= 15 is 0 Å². The van der Waals surface area contributed by atoms with Gasteiger partial charge < -0.3 is 9.64 Å². The molecule has 4 rings (SSSR count). The van der Waals surface area contributed by atoms with Gasteiger partial charge in [-0.15, -0.1) is 0 Å². The van der Waals surface area contributed by atoms with E-state index in [1.807, 2.05) is 56.3 Å². The molecule has 8 heteroatoms. The standard InChI is InChI=1S/C22H24N4O3S/c1-17-8-10-20(11-9-17)30(27,28)26-13-12-25(15-18(26)2)21-14-22(24-16-23-21)29-19-6-4-3-5-7-19/h3-11,14,16,18H,12-13,15H2,1-2H3/t18-/m1/s1. The Hall–Kier alpha value is -2.97. The predicted molar refractivity (Wildman–Crippen MR) is 115 cm³/mol. The van der Waals surface area contributed by atoms with Crippen molar-refractivity contribution >= 4 is 15.8 Å². The van der Waals surface area contributed by atoms with Crippen LogP contribution in [0.2, 0.25) is 0 Å². The fourth-order valence-electron chi connectivity index (χ4n) is 3.52. The highest BCUT2D eigenvalue weighted by atomic mass is 32.2. The molecule has 0 saturated carbocycles. The smallest absolute Gasteiger partial charge is 0.243 e. The summed E-state index contributed by atoms with van der Waals surface area (Å²) in [4.78, 5) is 10.9. The lowest BCUT2D eigenvalue weighted by Crippen LogP contribution is -2.54. The molecular formula is C22H24N4O3S. The predicted octanol–water partition coefficient (Wildman–Crippen LogP) is 3.48. The van der Waals surface area contributed by atoms with Gasteiger partial charge in [-0.05, 0) is 38.1 Å². The molecule has 0 amide bonds. The Labute approximate surface area is 177 Å². The van der Waals surface area contributed by atoms with Crippen molar-refractivity contribution < 1.29 is 13.2 Å². The molecule has 0 radical (unpaired) electrons. The molecule has 0 unspecified atom stereocenters. The number of rotatable bonds is 5. The number of benzene rings is 2. The van der Waals surface area contributed by atoms with E-state index in [0.717, 1.165) is 11.4 Å². The van der Waals surface area contributed by atoms with Crippen molar-refractivity contribution in [3.05, 3.63) is 72.6 Å². The first kappa shape index (κ1) is 20.3. The highest BCUT2D eigenvalue weighted by molar-refractivity contribution is 7.89. The lowest BCUT2D eigenvalue weighted by molar-refractivity contribution is 0.305. The van der Waals surface area contributed by atoms with E-state index in [-0.39, 0.29) is 6.04 Å². The average Bonchev–Trinajstić information content (AvgIpc) is 2.75. The number of anilines is 1. The van der Waals surface area contributed by atoms with Crippen LogP contribution in [0.3, 0.4) is 0 Å². The van der Waals surface area contributed by atoms with E-state index < -0.39 is 10.0 Å². The zero-order chi connectivity index (χ0) is 21.1. The second-order valence-corrected chi connectivity index (χ2v) is 9.24. The maximum atomic E-state index is 13.1. The number of sulfonamides is 1. The Morgan fingerprint density at radius 3 is 2.43 bits per heavy atom. The van der Waals surface area contributed by atoms with Crippen LogP contribution in [0.25, 0.3) is 0 Å². The zero-order valence-corrected chi connectivity index (χ0v) is 17.8. The third kappa shape index (κ3) is 4.29. The first-order valence-corrected chi connectivity index (χ1v) is 11.3. The summed E-state index contributed by atoms with van der Waals surface area (Å²) in [5.74, 6) is 1.87. The number of aryl methyl sites for hydroxylation is 1. The van der Waals surface area contributed by atoms with Gasteiger partial charge in [0.1, 0.15) is 17.9 Å². The van der Waals surface area contributed by atoms with Gasteiger partial charge in [-0.2, -0.15) is 4.31 Å². The van der Waals surface area contributed by atoms with Gasteiger partial charge in [0.2, 0.25) is 15.9 Å². The molecule has 2 heterocycles. The van der Waals surface area contributed by atoms with Gasteiger partial charge in [-0.3, -0.25) is 0 Å². The molecule has 156 valence electrons.